The molecule has 5 nitrogen and oxygen atoms in total. The standard InChI is InChI=1S/C16H28N4OS.2ClH/c1-16(2,3)15-18-13(12-22-15)11-19-7-9-20(10-8-19)14(21)5-6-17-4;;/h12,17H,5-11H2,1-4H3;2*1H. The Balaban J connectivity index is 0.00000264. The van der Waals surface area contributed by atoms with Gasteiger partial charge in [0.15, 0.2) is 0 Å². The van der Waals surface area contributed by atoms with E-state index in [9.17, 15) is 4.79 Å². The van der Waals surface area contributed by atoms with Gasteiger partial charge in [-0.25, -0.2) is 4.98 Å². The molecule has 8 heteroatoms. The summed E-state index contributed by atoms with van der Waals surface area (Å²) < 4.78 is 0. The van der Waals surface area contributed by atoms with Gasteiger partial charge in [0.05, 0.1) is 10.7 Å². The van der Waals surface area contributed by atoms with E-state index in [4.69, 9.17) is 4.98 Å². The summed E-state index contributed by atoms with van der Waals surface area (Å²) in [6, 6.07) is 0. The molecular weight excluding hydrogens is 367 g/mol. The van der Waals surface area contributed by atoms with Crippen molar-refractivity contribution >= 4 is 42.1 Å². The summed E-state index contributed by atoms with van der Waals surface area (Å²) in [4.78, 5) is 21.1. The molecule has 2 rings (SSSR count). The van der Waals surface area contributed by atoms with Crippen LogP contribution in [0.15, 0.2) is 5.38 Å². The molecule has 1 aliphatic heterocycles. The molecule has 0 bridgehead atoms. The lowest BCUT2D eigenvalue weighted by molar-refractivity contribution is -0.132. The summed E-state index contributed by atoms with van der Waals surface area (Å²) in [6.07, 6.45) is 0.595. The molecule has 1 aromatic heterocycles. The van der Waals surface area contributed by atoms with Gasteiger partial charge in [0, 0.05) is 56.5 Å². The summed E-state index contributed by atoms with van der Waals surface area (Å²) in [5.41, 5.74) is 1.28. The van der Waals surface area contributed by atoms with Crippen molar-refractivity contribution in [3.63, 3.8) is 0 Å². The largest absolute Gasteiger partial charge is 0.340 e. The number of hydrogen-bond donors (Lipinski definition) is 1. The Morgan fingerprint density at radius 2 is 1.88 bits per heavy atom. The van der Waals surface area contributed by atoms with Crippen LogP contribution in [0.4, 0.5) is 0 Å². The predicted octanol–water partition coefficient (Wildman–Crippen LogP) is 2.54. The highest BCUT2D eigenvalue weighted by atomic mass is 35.5. The van der Waals surface area contributed by atoms with Gasteiger partial charge in [-0.05, 0) is 7.05 Å². The molecule has 0 spiro atoms. The molecule has 0 unspecified atom stereocenters. The van der Waals surface area contributed by atoms with Crippen LogP contribution in [0.1, 0.15) is 37.9 Å². The fraction of sp³-hybridized carbons (Fsp3) is 0.750. The van der Waals surface area contributed by atoms with Gasteiger partial charge in [-0.15, -0.1) is 36.2 Å². The average molecular weight is 397 g/mol. The van der Waals surface area contributed by atoms with E-state index >= 15 is 0 Å². The van der Waals surface area contributed by atoms with Crippen LogP contribution >= 0.6 is 36.2 Å². The number of thiazole rings is 1. The first-order valence-electron chi connectivity index (χ1n) is 8.00. The fourth-order valence-electron chi connectivity index (χ4n) is 2.50. The summed E-state index contributed by atoms with van der Waals surface area (Å²) in [6.45, 7) is 11.8. The van der Waals surface area contributed by atoms with Crippen molar-refractivity contribution in [2.24, 2.45) is 0 Å². The number of rotatable bonds is 5. The summed E-state index contributed by atoms with van der Waals surface area (Å²) >= 11 is 1.75. The third-order valence-electron chi connectivity index (χ3n) is 3.89. The molecule has 0 saturated carbocycles. The first kappa shape index (κ1) is 23.6. The molecule has 24 heavy (non-hydrogen) atoms. The highest BCUT2D eigenvalue weighted by Gasteiger charge is 2.22. The van der Waals surface area contributed by atoms with Crippen molar-refractivity contribution in [3.8, 4) is 0 Å². The summed E-state index contributed by atoms with van der Waals surface area (Å²) in [7, 11) is 1.88. The van der Waals surface area contributed by atoms with Crippen LogP contribution in [0.2, 0.25) is 0 Å². The second-order valence-electron chi connectivity index (χ2n) is 6.90. The van der Waals surface area contributed by atoms with Gasteiger partial charge in [-0.1, -0.05) is 20.8 Å². The van der Waals surface area contributed by atoms with Crippen molar-refractivity contribution in [1.82, 2.24) is 20.1 Å². The van der Waals surface area contributed by atoms with E-state index in [0.717, 1.165) is 45.0 Å². The third-order valence-corrected chi connectivity index (χ3v) is 5.21. The number of halogens is 2. The van der Waals surface area contributed by atoms with E-state index in [1.807, 2.05) is 11.9 Å². The van der Waals surface area contributed by atoms with Crippen LogP contribution in [-0.2, 0) is 16.8 Å². The molecule has 2 heterocycles. The fourth-order valence-corrected chi connectivity index (χ4v) is 3.40. The van der Waals surface area contributed by atoms with E-state index in [1.165, 1.54) is 5.01 Å². The second kappa shape index (κ2) is 10.6. The molecule has 1 saturated heterocycles. The van der Waals surface area contributed by atoms with Crippen LogP contribution in [0.25, 0.3) is 0 Å². The monoisotopic (exact) mass is 396 g/mol. The summed E-state index contributed by atoms with van der Waals surface area (Å²) in [5.74, 6) is 0.262. The van der Waals surface area contributed by atoms with Gasteiger partial charge in [0.1, 0.15) is 0 Å². The number of carbonyl (C=O) groups is 1. The molecule has 1 aliphatic rings. The Labute approximate surface area is 162 Å². The molecular formula is C16H30Cl2N4OS. The van der Waals surface area contributed by atoms with Gasteiger partial charge >= 0.3 is 0 Å². The molecule has 1 fully saturated rings. The zero-order chi connectivity index (χ0) is 16.2. The van der Waals surface area contributed by atoms with Crippen LogP contribution in [0, 0.1) is 0 Å². The zero-order valence-electron chi connectivity index (χ0n) is 15.0. The van der Waals surface area contributed by atoms with Gasteiger partial charge in [-0.3, -0.25) is 9.69 Å². The van der Waals surface area contributed by atoms with Gasteiger partial charge in [0.25, 0.3) is 0 Å². The van der Waals surface area contributed by atoms with Crippen LogP contribution < -0.4 is 5.32 Å². The first-order chi connectivity index (χ1) is 10.4. The smallest absolute Gasteiger partial charge is 0.223 e. The average Bonchev–Trinajstić information content (AvgIpc) is 2.94. The lowest BCUT2D eigenvalue weighted by Crippen LogP contribution is -2.48. The number of nitrogens with zero attached hydrogens (tertiary/aromatic N) is 3. The Hall–Kier alpha value is -0.400. The number of carbonyl (C=O) groups excluding carboxylic acids is 1. The minimum atomic E-state index is 0. The van der Waals surface area contributed by atoms with Crippen molar-refractivity contribution in [2.75, 3.05) is 39.8 Å². The minimum Gasteiger partial charge on any atom is -0.340 e. The number of amides is 1. The van der Waals surface area contributed by atoms with Crippen molar-refractivity contribution in [3.05, 3.63) is 16.1 Å². The first-order valence-corrected chi connectivity index (χ1v) is 8.87. The van der Waals surface area contributed by atoms with Crippen molar-refractivity contribution in [2.45, 2.75) is 39.2 Å². The Morgan fingerprint density at radius 1 is 1.25 bits per heavy atom. The second-order valence-corrected chi connectivity index (χ2v) is 7.76. The Kier molecular flexibility index (Phi) is 10.4. The van der Waals surface area contributed by atoms with E-state index < -0.39 is 0 Å². The number of hydrogen-bond acceptors (Lipinski definition) is 5. The minimum absolute atomic E-state index is 0. The molecule has 140 valence electrons. The van der Waals surface area contributed by atoms with Gasteiger partial charge in [0.2, 0.25) is 5.91 Å². The van der Waals surface area contributed by atoms with Gasteiger partial charge in [-0.2, -0.15) is 0 Å². The van der Waals surface area contributed by atoms with E-state index in [2.05, 4.69) is 36.4 Å². The third kappa shape index (κ3) is 6.84. The van der Waals surface area contributed by atoms with Crippen LogP contribution in [0.3, 0.4) is 0 Å². The molecule has 0 aromatic carbocycles. The highest BCUT2D eigenvalue weighted by molar-refractivity contribution is 7.09. The number of nitrogens with one attached hydrogen (secondary N) is 1. The van der Waals surface area contributed by atoms with Gasteiger partial charge < -0.3 is 10.2 Å². The molecule has 0 radical (unpaired) electrons. The zero-order valence-corrected chi connectivity index (χ0v) is 17.5. The number of aromatic nitrogens is 1. The quantitative estimate of drug-likeness (QED) is 0.830. The van der Waals surface area contributed by atoms with Crippen LogP contribution in [-0.4, -0.2) is 60.5 Å². The maximum absolute atomic E-state index is 12.0. The lowest BCUT2D eigenvalue weighted by atomic mass is 9.98. The number of piperazine rings is 1. The predicted molar refractivity (Wildman–Crippen MR) is 106 cm³/mol. The Bertz CT molecular complexity index is 497. The van der Waals surface area contributed by atoms with E-state index in [0.29, 0.717) is 6.42 Å². The molecule has 1 N–H and O–H groups in total. The molecule has 0 atom stereocenters. The molecule has 1 amide bonds. The highest BCUT2D eigenvalue weighted by Crippen LogP contribution is 2.26. The molecule has 0 aliphatic carbocycles. The van der Waals surface area contributed by atoms with Crippen molar-refractivity contribution < 1.29 is 4.79 Å². The van der Waals surface area contributed by atoms with E-state index in [-0.39, 0.29) is 36.1 Å². The lowest BCUT2D eigenvalue weighted by Gasteiger charge is -2.34. The molecule has 1 aromatic rings. The SMILES string of the molecule is CNCCC(=O)N1CCN(Cc2csc(C(C)(C)C)n2)CC1.Cl.Cl. The maximum atomic E-state index is 12.0. The maximum Gasteiger partial charge on any atom is 0.223 e. The van der Waals surface area contributed by atoms with Crippen LogP contribution in [0.5, 0.6) is 0 Å². The topological polar surface area (TPSA) is 48.5 Å². The van der Waals surface area contributed by atoms with E-state index in [1.54, 1.807) is 11.3 Å². The van der Waals surface area contributed by atoms with Crippen molar-refractivity contribution in [1.29, 1.82) is 0 Å². The normalized spacial score (nSPS) is 15.6. The Morgan fingerprint density at radius 3 is 2.38 bits per heavy atom. The summed E-state index contributed by atoms with van der Waals surface area (Å²) in [5, 5.41) is 6.40.